The lowest BCUT2D eigenvalue weighted by molar-refractivity contribution is 0.278. The molecule has 0 radical (unpaired) electrons. The van der Waals surface area contributed by atoms with Gasteiger partial charge in [0.25, 0.3) is 0 Å². The van der Waals surface area contributed by atoms with E-state index >= 15 is 0 Å². The Balaban J connectivity index is 2.86. The summed E-state index contributed by atoms with van der Waals surface area (Å²) in [6.07, 6.45) is 5.24. The average molecular weight is 266 g/mol. The zero-order chi connectivity index (χ0) is 14.1. The monoisotopic (exact) mass is 266 g/mol. The highest BCUT2D eigenvalue weighted by atomic mass is 16.3. The number of anilines is 2. The van der Waals surface area contributed by atoms with Crippen molar-refractivity contribution < 1.29 is 5.11 Å². The maximum Gasteiger partial charge on any atom is 0.134 e. The molecule has 1 heterocycles. The van der Waals surface area contributed by atoms with Crippen LogP contribution in [0.15, 0.2) is 6.33 Å². The molecule has 0 saturated heterocycles. The third-order valence-corrected chi connectivity index (χ3v) is 3.15. The van der Waals surface area contributed by atoms with E-state index in [0.717, 1.165) is 49.4 Å². The van der Waals surface area contributed by atoms with Gasteiger partial charge >= 0.3 is 0 Å². The maximum absolute atomic E-state index is 9.06. The summed E-state index contributed by atoms with van der Waals surface area (Å²) in [6.45, 7) is 7.45. The van der Waals surface area contributed by atoms with Crippen LogP contribution in [0.2, 0.25) is 0 Å². The van der Waals surface area contributed by atoms with Crippen molar-refractivity contribution >= 4 is 11.6 Å². The molecule has 0 aliphatic carbocycles. The van der Waals surface area contributed by atoms with E-state index in [9.17, 15) is 0 Å². The van der Waals surface area contributed by atoms with Crippen LogP contribution >= 0.6 is 0 Å². The van der Waals surface area contributed by atoms with Crippen molar-refractivity contribution in [2.45, 2.75) is 52.5 Å². The summed E-state index contributed by atoms with van der Waals surface area (Å²) >= 11 is 0. The van der Waals surface area contributed by atoms with Gasteiger partial charge in [-0.3, -0.25) is 0 Å². The van der Waals surface area contributed by atoms with Crippen LogP contribution in [0.1, 0.15) is 45.6 Å². The quantitative estimate of drug-likeness (QED) is 0.640. The number of aromatic nitrogens is 2. The number of rotatable bonds is 9. The van der Waals surface area contributed by atoms with Gasteiger partial charge in [-0.25, -0.2) is 9.97 Å². The minimum absolute atomic E-state index is 0.193. The van der Waals surface area contributed by atoms with Gasteiger partial charge in [0.1, 0.15) is 18.0 Å². The van der Waals surface area contributed by atoms with Gasteiger partial charge in [-0.1, -0.05) is 20.8 Å². The van der Waals surface area contributed by atoms with E-state index in [4.69, 9.17) is 5.11 Å². The normalized spacial score (nSPS) is 12.2. The molecule has 0 fully saturated rings. The van der Waals surface area contributed by atoms with Crippen molar-refractivity contribution in [1.29, 1.82) is 0 Å². The number of nitrogens with one attached hydrogen (secondary N) is 2. The summed E-state index contributed by atoms with van der Waals surface area (Å²) in [6, 6.07) is 0.254. The van der Waals surface area contributed by atoms with Gasteiger partial charge < -0.3 is 15.7 Å². The molecule has 0 saturated carbocycles. The third-order valence-electron chi connectivity index (χ3n) is 3.15. The van der Waals surface area contributed by atoms with Crippen LogP contribution in [-0.2, 0) is 6.42 Å². The highest BCUT2D eigenvalue weighted by Crippen LogP contribution is 2.22. The average Bonchev–Trinajstić information content (AvgIpc) is 2.44. The molecule has 1 aromatic rings. The van der Waals surface area contributed by atoms with Crippen molar-refractivity contribution in [3.63, 3.8) is 0 Å². The van der Waals surface area contributed by atoms with Crippen LogP contribution in [0.25, 0.3) is 0 Å². The highest BCUT2D eigenvalue weighted by Gasteiger charge is 2.12. The molecule has 0 aromatic carbocycles. The smallest absolute Gasteiger partial charge is 0.134 e. The fourth-order valence-corrected chi connectivity index (χ4v) is 1.99. The number of hydrogen-bond acceptors (Lipinski definition) is 5. The predicted octanol–water partition coefficient (Wildman–Crippen LogP) is 2.43. The standard InChI is InChI=1S/C14H26N4O/c1-4-8-15-13-12(6-3)14(17-10-16-13)18-11(5-2)7-9-19/h10-11,19H,4-9H2,1-3H3,(H2,15,16,17,18). The molecule has 1 unspecified atom stereocenters. The highest BCUT2D eigenvalue weighted by molar-refractivity contribution is 5.57. The van der Waals surface area contributed by atoms with E-state index in [0.29, 0.717) is 0 Å². The lowest BCUT2D eigenvalue weighted by Crippen LogP contribution is -2.22. The summed E-state index contributed by atoms with van der Waals surface area (Å²) in [4.78, 5) is 8.66. The molecule has 0 spiro atoms. The van der Waals surface area contributed by atoms with Crippen molar-refractivity contribution in [3.05, 3.63) is 11.9 Å². The molecule has 0 bridgehead atoms. The number of hydrogen-bond donors (Lipinski definition) is 3. The van der Waals surface area contributed by atoms with Gasteiger partial charge in [0, 0.05) is 24.8 Å². The van der Waals surface area contributed by atoms with Crippen molar-refractivity contribution in [2.75, 3.05) is 23.8 Å². The zero-order valence-corrected chi connectivity index (χ0v) is 12.2. The lowest BCUT2D eigenvalue weighted by atomic mass is 10.1. The first-order valence-corrected chi connectivity index (χ1v) is 7.21. The number of aliphatic hydroxyl groups excluding tert-OH is 1. The van der Waals surface area contributed by atoms with Gasteiger partial charge in [0.05, 0.1) is 0 Å². The molecule has 0 amide bonds. The molecular formula is C14H26N4O. The van der Waals surface area contributed by atoms with Crippen molar-refractivity contribution in [1.82, 2.24) is 9.97 Å². The fourth-order valence-electron chi connectivity index (χ4n) is 1.99. The van der Waals surface area contributed by atoms with Crippen molar-refractivity contribution in [2.24, 2.45) is 0 Å². The summed E-state index contributed by atoms with van der Waals surface area (Å²) in [5, 5.41) is 15.8. The summed E-state index contributed by atoms with van der Waals surface area (Å²) in [5.41, 5.74) is 1.12. The van der Waals surface area contributed by atoms with E-state index in [1.54, 1.807) is 6.33 Å². The van der Waals surface area contributed by atoms with E-state index in [-0.39, 0.29) is 12.6 Å². The van der Waals surface area contributed by atoms with Gasteiger partial charge in [-0.05, 0) is 25.7 Å². The first kappa shape index (κ1) is 15.7. The molecule has 1 aromatic heterocycles. The fraction of sp³-hybridized carbons (Fsp3) is 0.714. The second-order valence-electron chi connectivity index (χ2n) is 4.59. The van der Waals surface area contributed by atoms with Gasteiger partial charge in [-0.15, -0.1) is 0 Å². The van der Waals surface area contributed by atoms with E-state index in [1.807, 2.05) is 0 Å². The van der Waals surface area contributed by atoms with Gasteiger partial charge in [-0.2, -0.15) is 0 Å². The summed E-state index contributed by atoms with van der Waals surface area (Å²) < 4.78 is 0. The van der Waals surface area contributed by atoms with Crippen molar-refractivity contribution in [3.8, 4) is 0 Å². The van der Waals surface area contributed by atoms with Gasteiger partial charge in [0.15, 0.2) is 0 Å². The summed E-state index contributed by atoms with van der Waals surface area (Å²) in [5.74, 6) is 1.80. The van der Waals surface area contributed by atoms with Crippen LogP contribution in [0.5, 0.6) is 0 Å². The molecule has 1 rings (SSSR count). The van der Waals surface area contributed by atoms with E-state index in [1.165, 1.54) is 0 Å². The first-order chi connectivity index (χ1) is 9.26. The Kier molecular flexibility index (Phi) is 7.18. The minimum atomic E-state index is 0.193. The lowest BCUT2D eigenvalue weighted by Gasteiger charge is -2.20. The van der Waals surface area contributed by atoms with E-state index < -0.39 is 0 Å². The Hall–Kier alpha value is -1.36. The molecule has 19 heavy (non-hydrogen) atoms. The second kappa shape index (κ2) is 8.69. The van der Waals surface area contributed by atoms with Crippen LogP contribution in [-0.4, -0.2) is 34.3 Å². The number of aliphatic hydroxyl groups is 1. The zero-order valence-electron chi connectivity index (χ0n) is 12.2. The minimum Gasteiger partial charge on any atom is -0.396 e. The molecule has 5 heteroatoms. The molecule has 0 aliphatic heterocycles. The van der Waals surface area contributed by atoms with Crippen LogP contribution < -0.4 is 10.6 Å². The Morgan fingerprint density at radius 2 is 1.95 bits per heavy atom. The SMILES string of the molecule is CCCNc1ncnc(NC(CC)CCO)c1CC. The first-order valence-electron chi connectivity index (χ1n) is 7.21. The molecular weight excluding hydrogens is 240 g/mol. The molecule has 108 valence electrons. The predicted molar refractivity (Wildman–Crippen MR) is 79.6 cm³/mol. The Morgan fingerprint density at radius 3 is 2.53 bits per heavy atom. The molecule has 1 atom stereocenters. The maximum atomic E-state index is 9.06. The van der Waals surface area contributed by atoms with Crippen LogP contribution in [0.4, 0.5) is 11.6 Å². The number of nitrogens with zero attached hydrogens (tertiary/aromatic N) is 2. The van der Waals surface area contributed by atoms with Gasteiger partial charge in [0.2, 0.25) is 0 Å². The largest absolute Gasteiger partial charge is 0.396 e. The van der Waals surface area contributed by atoms with Crippen LogP contribution in [0.3, 0.4) is 0 Å². The second-order valence-corrected chi connectivity index (χ2v) is 4.59. The molecule has 3 N–H and O–H groups in total. The Labute approximate surface area is 115 Å². The topological polar surface area (TPSA) is 70.1 Å². The Bertz CT molecular complexity index is 370. The third kappa shape index (κ3) is 4.67. The van der Waals surface area contributed by atoms with E-state index in [2.05, 4.69) is 41.4 Å². The summed E-state index contributed by atoms with van der Waals surface area (Å²) in [7, 11) is 0. The van der Waals surface area contributed by atoms with Crippen LogP contribution in [0, 0.1) is 0 Å². The Morgan fingerprint density at radius 1 is 1.21 bits per heavy atom. The molecule has 5 nitrogen and oxygen atoms in total. The molecule has 0 aliphatic rings.